The Balaban J connectivity index is 2.40. The summed E-state index contributed by atoms with van der Waals surface area (Å²) in [5, 5.41) is 0. The molecule has 2 aromatic rings. The molecule has 16 heavy (non-hydrogen) atoms. The summed E-state index contributed by atoms with van der Waals surface area (Å²) in [5.41, 5.74) is 6.89. The van der Waals surface area contributed by atoms with Crippen LogP contribution in [0, 0.1) is 12.7 Å². The minimum atomic E-state index is -0.274. The van der Waals surface area contributed by atoms with Crippen molar-refractivity contribution < 1.29 is 4.39 Å². The Morgan fingerprint density at radius 3 is 2.69 bits per heavy atom. The summed E-state index contributed by atoms with van der Waals surface area (Å²) in [4.78, 5) is 2.25. The van der Waals surface area contributed by atoms with E-state index >= 15 is 0 Å². The molecule has 2 rings (SSSR count). The molecule has 1 unspecified atom stereocenters. The van der Waals surface area contributed by atoms with Crippen LogP contribution in [-0.2, 0) is 0 Å². The topological polar surface area (TPSA) is 26.0 Å². The Labute approximate surface area is 106 Å². The molecule has 0 saturated carbocycles. The molecule has 0 fully saturated rings. The third-order valence-corrected chi connectivity index (χ3v) is 4.17. The second-order valence-electron chi connectivity index (χ2n) is 3.59. The second-order valence-corrected chi connectivity index (χ2v) is 5.77. The van der Waals surface area contributed by atoms with Crippen LogP contribution in [0.2, 0.25) is 0 Å². The number of nitrogens with two attached hydrogens (primary N) is 1. The molecular weight excluding hydrogens is 289 g/mol. The first kappa shape index (κ1) is 11.8. The van der Waals surface area contributed by atoms with Crippen molar-refractivity contribution in [2.75, 3.05) is 0 Å². The van der Waals surface area contributed by atoms with Crippen LogP contribution >= 0.6 is 27.3 Å². The van der Waals surface area contributed by atoms with E-state index in [9.17, 15) is 4.39 Å². The first-order chi connectivity index (χ1) is 7.58. The monoisotopic (exact) mass is 299 g/mol. The van der Waals surface area contributed by atoms with Crippen molar-refractivity contribution in [3.63, 3.8) is 0 Å². The van der Waals surface area contributed by atoms with Crippen LogP contribution in [0.1, 0.15) is 21.4 Å². The molecule has 0 amide bonds. The summed E-state index contributed by atoms with van der Waals surface area (Å²) in [6.45, 7) is 2.03. The van der Waals surface area contributed by atoms with Crippen LogP contribution in [0.15, 0.2) is 34.8 Å². The molecule has 2 N–H and O–H groups in total. The minimum absolute atomic E-state index is 0.262. The van der Waals surface area contributed by atoms with Crippen molar-refractivity contribution in [3.8, 4) is 0 Å². The Hall–Kier alpha value is -0.710. The van der Waals surface area contributed by atoms with Gasteiger partial charge in [-0.05, 0) is 42.8 Å². The number of halogens is 2. The van der Waals surface area contributed by atoms with E-state index in [1.807, 2.05) is 19.1 Å². The van der Waals surface area contributed by atoms with Gasteiger partial charge in [-0.15, -0.1) is 11.3 Å². The van der Waals surface area contributed by atoms with E-state index in [1.54, 1.807) is 17.4 Å². The van der Waals surface area contributed by atoms with Crippen LogP contribution in [0.25, 0.3) is 0 Å². The van der Waals surface area contributed by atoms with Gasteiger partial charge in [0.25, 0.3) is 0 Å². The molecule has 1 aromatic carbocycles. The largest absolute Gasteiger partial charge is 0.320 e. The zero-order chi connectivity index (χ0) is 11.7. The molecule has 1 nitrogen and oxygen atoms in total. The molecule has 0 radical (unpaired) electrons. The Bertz CT molecular complexity index is 509. The maximum Gasteiger partial charge on any atom is 0.123 e. The zero-order valence-electron chi connectivity index (χ0n) is 8.71. The highest BCUT2D eigenvalue weighted by Crippen LogP contribution is 2.31. The number of rotatable bonds is 2. The normalized spacial score (nSPS) is 12.8. The summed E-state index contributed by atoms with van der Waals surface area (Å²) in [7, 11) is 0. The average Bonchev–Trinajstić information content (AvgIpc) is 2.67. The molecule has 0 aliphatic carbocycles. The van der Waals surface area contributed by atoms with Gasteiger partial charge in [0, 0.05) is 14.2 Å². The molecular formula is C12H11BrFNS. The highest BCUT2D eigenvalue weighted by atomic mass is 79.9. The first-order valence-corrected chi connectivity index (χ1v) is 6.46. The number of thiophene rings is 1. The highest BCUT2D eigenvalue weighted by molar-refractivity contribution is 9.10. The van der Waals surface area contributed by atoms with Gasteiger partial charge in [-0.1, -0.05) is 15.9 Å². The van der Waals surface area contributed by atoms with E-state index in [1.165, 1.54) is 17.0 Å². The number of aryl methyl sites for hydroxylation is 1. The maximum atomic E-state index is 13.2. The second kappa shape index (κ2) is 4.65. The Kier molecular flexibility index (Phi) is 3.42. The van der Waals surface area contributed by atoms with Gasteiger partial charge >= 0.3 is 0 Å². The molecule has 0 spiro atoms. The van der Waals surface area contributed by atoms with Crippen LogP contribution < -0.4 is 5.73 Å². The summed E-state index contributed by atoms with van der Waals surface area (Å²) >= 11 is 5.03. The van der Waals surface area contributed by atoms with Crippen LogP contribution in [0.5, 0.6) is 0 Å². The molecule has 1 heterocycles. The molecule has 1 aromatic heterocycles. The van der Waals surface area contributed by atoms with Crippen LogP contribution in [0.3, 0.4) is 0 Å². The lowest BCUT2D eigenvalue weighted by molar-refractivity contribution is 0.623. The molecule has 0 aliphatic heterocycles. The number of benzene rings is 1. The van der Waals surface area contributed by atoms with Crippen molar-refractivity contribution in [1.82, 2.24) is 0 Å². The third kappa shape index (κ3) is 2.34. The van der Waals surface area contributed by atoms with Crippen molar-refractivity contribution in [1.29, 1.82) is 0 Å². The predicted octanol–water partition coefficient (Wildman–Crippen LogP) is 4.01. The third-order valence-electron chi connectivity index (χ3n) is 2.36. The lowest BCUT2D eigenvalue weighted by atomic mass is 10.1. The Morgan fingerprint density at radius 1 is 1.31 bits per heavy atom. The fourth-order valence-electron chi connectivity index (χ4n) is 1.53. The molecule has 0 saturated heterocycles. The standard InChI is InChI=1S/C12H11BrFNS/c1-7-2-5-11(16-7)12(15)9-6-8(14)3-4-10(9)13/h2-6,12H,15H2,1H3. The van der Waals surface area contributed by atoms with Gasteiger partial charge in [0.05, 0.1) is 6.04 Å². The minimum Gasteiger partial charge on any atom is -0.320 e. The van der Waals surface area contributed by atoms with E-state index in [0.29, 0.717) is 0 Å². The van der Waals surface area contributed by atoms with Crippen molar-refractivity contribution in [2.45, 2.75) is 13.0 Å². The van der Waals surface area contributed by atoms with Gasteiger partial charge in [0.2, 0.25) is 0 Å². The quantitative estimate of drug-likeness (QED) is 0.891. The van der Waals surface area contributed by atoms with E-state index in [2.05, 4.69) is 15.9 Å². The van der Waals surface area contributed by atoms with Gasteiger partial charge in [-0.2, -0.15) is 0 Å². The Morgan fingerprint density at radius 2 is 2.06 bits per heavy atom. The summed E-state index contributed by atoms with van der Waals surface area (Å²) < 4.78 is 14.0. The number of hydrogen-bond donors (Lipinski definition) is 1. The smallest absolute Gasteiger partial charge is 0.123 e. The summed E-state index contributed by atoms with van der Waals surface area (Å²) in [5.74, 6) is -0.262. The van der Waals surface area contributed by atoms with E-state index in [0.717, 1.165) is 14.9 Å². The fourth-order valence-corrected chi connectivity index (χ4v) is 2.92. The summed E-state index contributed by atoms with van der Waals surface area (Å²) in [6.07, 6.45) is 0. The van der Waals surface area contributed by atoms with Gasteiger partial charge in [-0.25, -0.2) is 4.39 Å². The molecule has 4 heteroatoms. The lowest BCUT2D eigenvalue weighted by Gasteiger charge is -2.12. The van der Waals surface area contributed by atoms with E-state index in [4.69, 9.17) is 5.73 Å². The first-order valence-electron chi connectivity index (χ1n) is 4.85. The predicted molar refractivity (Wildman–Crippen MR) is 69.2 cm³/mol. The van der Waals surface area contributed by atoms with Gasteiger partial charge in [0.1, 0.15) is 5.82 Å². The average molecular weight is 300 g/mol. The molecule has 1 atom stereocenters. The fraction of sp³-hybridized carbons (Fsp3) is 0.167. The van der Waals surface area contributed by atoms with Crippen molar-refractivity contribution in [2.24, 2.45) is 5.73 Å². The lowest BCUT2D eigenvalue weighted by Crippen LogP contribution is -2.11. The highest BCUT2D eigenvalue weighted by Gasteiger charge is 2.14. The van der Waals surface area contributed by atoms with E-state index in [-0.39, 0.29) is 11.9 Å². The molecule has 0 aliphatic rings. The van der Waals surface area contributed by atoms with Crippen molar-refractivity contribution in [3.05, 3.63) is 55.9 Å². The van der Waals surface area contributed by atoms with Crippen LogP contribution in [0.4, 0.5) is 4.39 Å². The molecule has 84 valence electrons. The SMILES string of the molecule is Cc1ccc(C(N)c2cc(F)ccc2Br)s1. The molecule has 0 bridgehead atoms. The zero-order valence-corrected chi connectivity index (χ0v) is 11.1. The van der Waals surface area contributed by atoms with E-state index < -0.39 is 0 Å². The van der Waals surface area contributed by atoms with Gasteiger partial charge in [-0.3, -0.25) is 0 Å². The van der Waals surface area contributed by atoms with Crippen molar-refractivity contribution >= 4 is 27.3 Å². The van der Waals surface area contributed by atoms with Gasteiger partial charge in [0.15, 0.2) is 0 Å². The van der Waals surface area contributed by atoms with Crippen LogP contribution in [-0.4, -0.2) is 0 Å². The maximum absolute atomic E-state index is 13.2. The van der Waals surface area contributed by atoms with Gasteiger partial charge < -0.3 is 5.73 Å². The summed E-state index contributed by atoms with van der Waals surface area (Å²) in [6, 6.07) is 8.31. The number of hydrogen-bond acceptors (Lipinski definition) is 2.